The van der Waals surface area contributed by atoms with Crippen LogP contribution in [0, 0.1) is 5.92 Å². The maximum atomic E-state index is 13.0. The van der Waals surface area contributed by atoms with Crippen LogP contribution in [0.3, 0.4) is 0 Å². The first-order valence-corrected chi connectivity index (χ1v) is 11.1. The topological polar surface area (TPSA) is 87.8 Å². The van der Waals surface area contributed by atoms with Crippen LogP contribution in [0.15, 0.2) is 35.1 Å². The molecular formula is C23H28N6O3. The lowest BCUT2D eigenvalue weighted by Crippen LogP contribution is -2.50. The fraction of sp³-hybridized carbons (Fsp3) is 0.478. The molecule has 2 aromatic heterocycles. The Bertz CT molecular complexity index is 1080. The average molecular weight is 437 g/mol. The Labute approximate surface area is 186 Å². The van der Waals surface area contributed by atoms with E-state index in [0.29, 0.717) is 17.3 Å². The minimum atomic E-state index is 0.0792. The molecule has 0 aliphatic carbocycles. The van der Waals surface area contributed by atoms with Crippen LogP contribution in [0.4, 0.5) is 5.82 Å². The molecule has 32 heavy (non-hydrogen) atoms. The van der Waals surface area contributed by atoms with Gasteiger partial charge in [-0.2, -0.15) is 4.98 Å². The zero-order valence-electron chi connectivity index (χ0n) is 18.5. The van der Waals surface area contributed by atoms with Crippen molar-refractivity contribution >= 4 is 22.8 Å². The van der Waals surface area contributed by atoms with Gasteiger partial charge in [-0.15, -0.1) is 0 Å². The number of hydrogen-bond acceptors (Lipinski definition) is 8. The molecule has 2 fully saturated rings. The van der Waals surface area contributed by atoms with Crippen molar-refractivity contribution in [3.63, 3.8) is 0 Å². The first-order valence-electron chi connectivity index (χ1n) is 11.1. The smallest absolute Gasteiger partial charge is 0.263 e. The molecule has 0 radical (unpaired) electrons. The van der Waals surface area contributed by atoms with Crippen molar-refractivity contribution in [3.8, 4) is 17.0 Å². The number of fused-ring (bicyclic) bond motifs is 1. The molecule has 0 N–H and O–H groups in total. The van der Waals surface area contributed by atoms with Gasteiger partial charge in [-0.3, -0.25) is 4.79 Å². The summed E-state index contributed by atoms with van der Waals surface area (Å²) in [5.41, 5.74) is 2.10. The standard InChI is InChI=1S/C23H28N6O3/c1-27-11-13-29(14-12-27)23(30)17-7-9-28(10-8-17)21-19-20(26-32-22(19)25-15-24-21)16-3-5-18(31-2)6-4-16/h3-6,15,17H,7-14H2,1-2H3. The van der Waals surface area contributed by atoms with Gasteiger partial charge in [0.05, 0.1) is 7.11 Å². The lowest BCUT2D eigenvalue weighted by molar-refractivity contribution is -0.137. The van der Waals surface area contributed by atoms with Crippen LogP contribution in [0.1, 0.15) is 12.8 Å². The molecular weight excluding hydrogens is 408 g/mol. The molecule has 168 valence electrons. The van der Waals surface area contributed by atoms with E-state index in [4.69, 9.17) is 9.26 Å². The third-order valence-corrected chi connectivity index (χ3v) is 6.57. The largest absolute Gasteiger partial charge is 0.497 e. The first-order chi connectivity index (χ1) is 15.6. The summed E-state index contributed by atoms with van der Waals surface area (Å²) in [6.45, 7) is 5.09. The lowest BCUT2D eigenvalue weighted by atomic mass is 9.94. The molecule has 2 saturated heterocycles. The van der Waals surface area contributed by atoms with Crippen molar-refractivity contribution in [2.45, 2.75) is 12.8 Å². The molecule has 9 nitrogen and oxygen atoms in total. The molecule has 0 atom stereocenters. The van der Waals surface area contributed by atoms with E-state index in [-0.39, 0.29) is 5.92 Å². The number of aromatic nitrogens is 3. The van der Waals surface area contributed by atoms with E-state index in [1.807, 2.05) is 29.2 Å². The number of rotatable bonds is 4. The fourth-order valence-corrected chi connectivity index (χ4v) is 4.58. The molecule has 3 aromatic rings. The predicted octanol–water partition coefficient (Wildman–Crippen LogP) is 2.28. The maximum Gasteiger partial charge on any atom is 0.263 e. The summed E-state index contributed by atoms with van der Waals surface area (Å²) in [5.74, 6) is 1.97. The van der Waals surface area contributed by atoms with E-state index in [1.54, 1.807) is 7.11 Å². The van der Waals surface area contributed by atoms with Crippen molar-refractivity contribution in [3.05, 3.63) is 30.6 Å². The van der Waals surface area contributed by atoms with Crippen molar-refractivity contribution < 1.29 is 14.1 Å². The van der Waals surface area contributed by atoms with E-state index in [1.165, 1.54) is 6.33 Å². The molecule has 1 aromatic carbocycles. The zero-order chi connectivity index (χ0) is 22.1. The van der Waals surface area contributed by atoms with Gasteiger partial charge in [-0.25, -0.2) is 4.98 Å². The molecule has 0 unspecified atom stereocenters. The Balaban J connectivity index is 1.34. The van der Waals surface area contributed by atoms with Crippen LogP contribution in [0.25, 0.3) is 22.4 Å². The Kier molecular flexibility index (Phi) is 5.65. The molecule has 4 heterocycles. The quantitative estimate of drug-likeness (QED) is 0.616. The average Bonchev–Trinajstić information content (AvgIpc) is 3.29. The molecule has 5 rings (SSSR count). The van der Waals surface area contributed by atoms with Crippen molar-refractivity contribution in [1.82, 2.24) is 24.9 Å². The SMILES string of the molecule is COc1ccc(-c2noc3ncnc(N4CCC(C(=O)N5CCN(C)CC5)CC4)c23)cc1. The number of ether oxygens (including phenoxy) is 1. The van der Waals surface area contributed by atoms with Crippen LogP contribution in [0.2, 0.25) is 0 Å². The number of methoxy groups -OCH3 is 1. The monoisotopic (exact) mass is 436 g/mol. The second-order valence-corrected chi connectivity index (χ2v) is 8.53. The van der Waals surface area contributed by atoms with Crippen LogP contribution in [-0.2, 0) is 4.79 Å². The number of benzene rings is 1. The zero-order valence-corrected chi connectivity index (χ0v) is 18.5. The van der Waals surface area contributed by atoms with Gasteiger partial charge in [0.2, 0.25) is 5.91 Å². The molecule has 1 amide bonds. The Hall–Kier alpha value is -3.20. The van der Waals surface area contributed by atoms with Crippen LogP contribution >= 0.6 is 0 Å². The Morgan fingerprint density at radius 3 is 2.44 bits per heavy atom. The number of amides is 1. The first kappa shape index (κ1) is 20.7. The number of piperidine rings is 1. The summed E-state index contributed by atoms with van der Waals surface area (Å²) < 4.78 is 10.8. The van der Waals surface area contributed by atoms with Crippen LogP contribution < -0.4 is 9.64 Å². The van der Waals surface area contributed by atoms with E-state index >= 15 is 0 Å². The van der Waals surface area contributed by atoms with Crippen LogP contribution in [-0.4, -0.2) is 84.3 Å². The van der Waals surface area contributed by atoms with Crippen molar-refractivity contribution in [2.24, 2.45) is 5.92 Å². The molecule has 0 bridgehead atoms. The van der Waals surface area contributed by atoms with Gasteiger partial charge in [0, 0.05) is 50.7 Å². The summed E-state index contributed by atoms with van der Waals surface area (Å²) in [4.78, 5) is 28.4. The van der Waals surface area contributed by atoms with E-state index < -0.39 is 0 Å². The van der Waals surface area contributed by atoms with Gasteiger partial charge in [-0.05, 0) is 44.2 Å². The molecule has 2 aliphatic heterocycles. The third kappa shape index (κ3) is 3.88. The molecule has 0 saturated carbocycles. The van der Waals surface area contributed by atoms with Gasteiger partial charge in [0.25, 0.3) is 5.71 Å². The highest BCUT2D eigenvalue weighted by Gasteiger charge is 2.31. The number of hydrogen-bond donors (Lipinski definition) is 0. The number of likely N-dealkylation sites (N-methyl/N-ethyl adjacent to an activating group) is 1. The number of nitrogens with zero attached hydrogens (tertiary/aromatic N) is 6. The molecule has 0 spiro atoms. The minimum Gasteiger partial charge on any atom is -0.497 e. The van der Waals surface area contributed by atoms with Crippen LogP contribution in [0.5, 0.6) is 5.75 Å². The summed E-state index contributed by atoms with van der Waals surface area (Å²) in [6.07, 6.45) is 3.15. The number of carbonyl (C=O) groups excluding carboxylic acids is 1. The van der Waals surface area contributed by atoms with E-state index in [9.17, 15) is 4.79 Å². The van der Waals surface area contributed by atoms with Crippen molar-refractivity contribution in [2.75, 3.05) is 58.3 Å². The summed E-state index contributed by atoms with van der Waals surface area (Å²) in [7, 11) is 3.75. The van der Waals surface area contributed by atoms with Gasteiger partial charge >= 0.3 is 0 Å². The highest BCUT2D eigenvalue weighted by Crippen LogP contribution is 2.35. The second kappa shape index (κ2) is 8.74. The van der Waals surface area contributed by atoms with Gasteiger partial charge in [-0.1, -0.05) is 5.16 Å². The number of anilines is 1. The minimum absolute atomic E-state index is 0.0792. The fourth-order valence-electron chi connectivity index (χ4n) is 4.58. The summed E-state index contributed by atoms with van der Waals surface area (Å²) in [6, 6.07) is 7.70. The van der Waals surface area contributed by atoms with Gasteiger partial charge < -0.3 is 24.0 Å². The summed E-state index contributed by atoms with van der Waals surface area (Å²) >= 11 is 0. The van der Waals surface area contributed by atoms with E-state index in [0.717, 1.165) is 74.6 Å². The highest BCUT2D eigenvalue weighted by molar-refractivity contribution is 5.98. The van der Waals surface area contributed by atoms with Gasteiger partial charge in [0.15, 0.2) is 0 Å². The van der Waals surface area contributed by atoms with Crippen molar-refractivity contribution in [1.29, 1.82) is 0 Å². The van der Waals surface area contributed by atoms with E-state index in [2.05, 4.69) is 32.0 Å². The maximum absolute atomic E-state index is 13.0. The normalized spacial score (nSPS) is 18.3. The predicted molar refractivity (Wildman–Crippen MR) is 121 cm³/mol. The molecule has 2 aliphatic rings. The number of carbonyl (C=O) groups is 1. The third-order valence-electron chi connectivity index (χ3n) is 6.57. The Morgan fingerprint density at radius 2 is 1.75 bits per heavy atom. The molecule has 9 heteroatoms. The number of piperazine rings is 1. The Morgan fingerprint density at radius 1 is 1.03 bits per heavy atom. The lowest BCUT2D eigenvalue weighted by Gasteiger charge is -2.37. The highest BCUT2D eigenvalue weighted by atomic mass is 16.5. The van der Waals surface area contributed by atoms with Gasteiger partial charge in [0.1, 0.15) is 29.0 Å². The summed E-state index contributed by atoms with van der Waals surface area (Å²) in [5, 5.41) is 5.08. The second-order valence-electron chi connectivity index (χ2n) is 8.53.